The average Bonchev–Trinajstić information content (AvgIpc) is 2.79. The van der Waals surface area contributed by atoms with Crippen LogP contribution in [-0.4, -0.2) is 51.8 Å². The van der Waals surface area contributed by atoms with Crippen LogP contribution in [0.3, 0.4) is 0 Å². The van der Waals surface area contributed by atoms with Gasteiger partial charge in [-0.3, -0.25) is 14.9 Å². The van der Waals surface area contributed by atoms with Crippen molar-refractivity contribution >= 4 is 17.4 Å². The standard InChI is InChI=1S/C12H14F5N5O3/c1-20-9(7(6-18-20)22(24)25)21-4-2-8(11(13,14)3-5-21)19-10(23)12(15,16)17/h6,8H,2-5H2,1H3,(H,19,23)/t8-/m0/s1. The van der Waals surface area contributed by atoms with Gasteiger partial charge in [0.15, 0.2) is 0 Å². The fraction of sp³-hybridized carbons (Fsp3) is 0.667. The van der Waals surface area contributed by atoms with Gasteiger partial charge in [0.25, 0.3) is 5.92 Å². The van der Waals surface area contributed by atoms with Gasteiger partial charge in [-0.2, -0.15) is 18.3 Å². The summed E-state index contributed by atoms with van der Waals surface area (Å²) in [4.78, 5) is 22.5. The molecule has 1 aromatic heterocycles. The highest BCUT2D eigenvalue weighted by molar-refractivity contribution is 5.82. The van der Waals surface area contributed by atoms with Gasteiger partial charge in [-0.05, 0) is 6.42 Å². The van der Waals surface area contributed by atoms with Crippen molar-refractivity contribution in [2.75, 3.05) is 18.0 Å². The number of aryl methyl sites for hydroxylation is 1. The number of carbonyl (C=O) groups excluding carboxylic acids is 1. The Kier molecular flexibility index (Phi) is 4.86. The normalized spacial score (nSPS) is 20.9. The summed E-state index contributed by atoms with van der Waals surface area (Å²) in [6.45, 7) is -0.551. The van der Waals surface area contributed by atoms with Crippen LogP contribution in [0.2, 0.25) is 0 Å². The third-order valence-electron chi connectivity index (χ3n) is 3.86. The van der Waals surface area contributed by atoms with Crippen molar-refractivity contribution in [1.82, 2.24) is 15.1 Å². The molecule has 0 aromatic carbocycles. The molecule has 0 bridgehead atoms. The highest BCUT2D eigenvalue weighted by Gasteiger charge is 2.47. The summed E-state index contributed by atoms with van der Waals surface area (Å²) in [5.41, 5.74) is -0.399. The van der Waals surface area contributed by atoms with Gasteiger partial charge in [0, 0.05) is 26.6 Å². The Morgan fingerprint density at radius 1 is 1.44 bits per heavy atom. The van der Waals surface area contributed by atoms with Crippen LogP contribution in [0.5, 0.6) is 0 Å². The van der Waals surface area contributed by atoms with Gasteiger partial charge in [0.05, 0.1) is 11.0 Å². The first kappa shape index (κ1) is 18.9. The molecular weight excluding hydrogens is 357 g/mol. The second kappa shape index (κ2) is 6.44. The lowest BCUT2D eigenvalue weighted by Gasteiger charge is -2.25. The van der Waals surface area contributed by atoms with Crippen LogP contribution in [0.4, 0.5) is 33.5 Å². The van der Waals surface area contributed by atoms with E-state index in [1.165, 1.54) is 17.3 Å². The highest BCUT2D eigenvalue weighted by atomic mass is 19.4. The monoisotopic (exact) mass is 371 g/mol. The fourth-order valence-electron chi connectivity index (χ4n) is 2.61. The van der Waals surface area contributed by atoms with Crippen molar-refractivity contribution < 1.29 is 31.7 Å². The number of aromatic nitrogens is 2. The largest absolute Gasteiger partial charge is 0.471 e. The molecule has 140 valence electrons. The van der Waals surface area contributed by atoms with E-state index in [0.717, 1.165) is 10.9 Å². The van der Waals surface area contributed by atoms with Gasteiger partial charge >= 0.3 is 17.8 Å². The molecule has 8 nitrogen and oxygen atoms in total. The molecule has 2 rings (SSSR count). The summed E-state index contributed by atoms with van der Waals surface area (Å²) in [5.74, 6) is -6.07. The minimum atomic E-state index is -5.27. The molecule has 1 saturated heterocycles. The molecule has 1 aliphatic heterocycles. The van der Waals surface area contributed by atoms with Crippen molar-refractivity contribution in [3.8, 4) is 0 Å². The minimum absolute atomic E-state index is 0.0244. The number of hydrogen-bond acceptors (Lipinski definition) is 5. The van der Waals surface area contributed by atoms with E-state index >= 15 is 0 Å². The number of anilines is 1. The number of rotatable bonds is 3. The van der Waals surface area contributed by atoms with E-state index in [1.807, 2.05) is 0 Å². The lowest BCUT2D eigenvalue weighted by molar-refractivity contribution is -0.384. The van der Waals surface area contributed by atoms with E-state index in [4.69, 9.17) is 0 Å². The van der Waals surface area contributed by atoms with Gasteiger partial charge in [-0.1, -0.05) is 0 Å². The van der Waals surface area contributed by atoms with Crippen LogP contribution in [0.15, 0.2) is 6.20 Å². The SMILES string of the molecule is Cn1ncc([N+](=O)[O-])c1N1CC[C@H](NC(=O)C(F)(F)F)C(F)(F)CC1. The van der Waals surface area contributed by atoms with Crippen LogP contribution in [0.25, 0.3) is 0 Å². The number of hydrogen-bond donors (Lipinski definition) is 1. The number of nitrogens with one attached hydrogen (secondary N) is 1. The summed E-state index contributed by atoms with van der Waals surface area (Å²) in [5, 5.41) is 16.0. The number of nitrogens with zero attached hydrogens (tertiary/aromatic N) is 4. The minimum Gasteiger partial charge on any atom is -0.351 e. The number of amides is 1. The van der Waals surface area contributed by atoms with E-state index in [0.29, 0.717) is 0 Å². The van der Waals surface area contributed by atoms with Crippen molar-refractivity contribution in [3.63, 3.8) is 0 Å². The Labute approximate surface area is 137 Å². The molecular formula is C12H14F5N5O3. The molecule has 0 spiro atoms. The van der Waals surface area contributed by atoms with E-state index in [1.54, 1.807) is 0 Å². The van der Waals surface area contributed by atoms with Crippen LogP contribution < -0.4 is 10.2 Å². The van der Waals surface area contributed by atoms with Crippen LogP contribution >= 0.6 is 0 Å². The smallest absolute Gasteiger partial charge is 0.351 e. The number of nitro groups is 1. The van der Waals surface area contributed by atoms with Crippen molar-refractivity contribution in [2.24, 2.45) is 7.05 Å². The van der Waals surface area contributed by atoms with Crippen molar-refractivity contribution in [3.05, 3.63) is 16.3 Å². The summed E-state index contributed by atoms with van der Waals surface area (Å²) in [6.07, 6.45) is -5.71. The van der Waals surface area contributed by atoms with Gasteiger partial charge < -0.3 is 10.2 Å². The number of alkyl halides is 5. The van der Waals surface area contributed by atoms with E-state index in [-0.39, 0.29) is 18.9 Å². The Balaban J connectivity index is 2.21. The van der Waals surface area contributed by atoms with Crippen LogP contribution in [0, 0.1) is 10.1 Å². The molecule has 13 heteroatoms. The maximum absolute atomic E-state index is 14.1. The molecule has 0 radical (unpaired) electrons. The lowest BCUT2D eigenvalue weighted by atomic mass is 10.1. The quantitative estimate of drug-likeness (QED) is 0.495. The maximum atomic E-state index is 14.1. The summed E-state index contributed by atoms with van der Waals surface area (Å²) in [6, 6.07) is -2.03. The molecule has 1 amide bonds. The van der Waals surface area contributed by atoms with Crippen molar-refractivity contribution in [1.29, 1.82) is 0 Å². The lowest BCUT2D eigenvalue weighted by Crippen LogP contribution is -2.51. The molecule has 1 aromatic rings. The van der Waals surface area contributed by atoms with E-state index in [9.17, 15) is 36.9 Å². The third kappa shape index (κ3) is 3.96. The first-order valence-corrected chi connectivity index (χ1v) is 7.10. The summed E-state index contributed by atoms with van der Waals surface area (Å²) in [7, 11) is 1.38. The van der Waals surface area contributed by atoms with Gasteiger partial charge in [-0.25, -0.2) is 13.5 Å². The highest BCUT2D eigenvalue weighted by Crippen LogP contribution is 2.34. The molecule has 1 aliphatic rings. The summed E-state index contributed by atoms with van der Waals surface area (Å²) < 4.78 is 66.2. The first-order valence-electron chi connectivity index (χ1n) is 7.10. The zero-order valence-electron chi connectivity index (χ0n) is 12.9. The molecule has 0 aliphatic carbocycles. The van der Waals surface area contributed by atoms with E-state index < -0.39 is 47.5 Å². The topological polar surface area (TPSA) is 93.3 Å². The second-order valence-electron chi connectivity index (χ2n) is 5.54. The zero-order valence-corrected chi connectivity index (χ0v) is 12.9. The Hall–Kier alpha value is -2.47. The molecule has 25 heavy (non-hydrogen) atoms. The molecule has 2 heterocycles. The second-order valence-corrected chi connectivity index (χ2v) is 5.54. The molecule has 1 atom stereocenters. The zero-order chi connectivity index (χ0) is 19.0. The maximum Gasteiger partial charge on any atom is 0.471 e. The number of carbonyl (C=O) groups is 1. The third-order valence-corrected chi connectivity index (χ3v) is 3.86. The molecule has 0 unspecified atom stereocenters. The number of halogens is 5. The predicted molar refractivity (Wildman–Crippen MR) is 74.2 cm³/mol. The predicted octanol–water partition coefficient (Wildman–Crippen LogP) is 1.61. The van der Waals surface area contributed by atoms with Gasteiger partial charge in [0.2, 0.25) is 5.82 Å². The molecule has 1 fully saturated rings. The van der Waals surface area contributed by atoms with Gasteiger partial charge in [-0.15, -0.1) is 0 Å². The van der Waals surface area contributed by atoms with Crippen LogP contribution in [-0.2, 0) is 11.8 Å². The van der Waals surface area contributed by atoms with Crippen LogP contribution in [0.1, 0.15) is 12.8 Å². The average molecular weight is 371 g/mol. The first-order chi connectivity index (χ1) is 11.4. The Morgan fingerprint density at radius 3 is 2.64 bits per heavy atom. The Morgan fingerprint density at radius 2 is 2.08 bits per heavy atom. The molecule has 1 N–H and O–H groups in total. The van der Waals surface area contributed by atoms with E-state index in [2.05, 4.69) is 5.10 Å². The fourth-order valence-corrected chi connectivity index (χ4v) is 2.61. The van der Waals surface area contributed by atoms with Gasteiger partial charge in [0.1, 0.15) is 6.20 Å². The van der Waals surface area contributed by atoms with Crippen molar-refractivity contribution in [2.45, 2.75) is 31.0 Å². The molecule has 0 saturated carbocycles. The Bertz CT molecular complexity index is 675. The summed E-state index contributed by atoms with van der Waals surface area (Å²) >= 11 is 0.